The molecular weight excluding hydrogens is 376 g/mol. The van der Waals surface area contributed by atoms with E-state index in [9.17, 15) is 9.59 Å². The van der Waals surface area contributed by atoms with E-state index >= 15 is 0 Å². The second kappa shape index (κ2) is 9.71. The van der Waals surface area contributed by atoms with Crippen LogP contribution >= 0.6 is 11.3 Å². The number of carbonyl (C=O) groups is 2. The normalized spacial score (nSPS) is 15.1. The molecule has 0 saturated carbocycles. The van der Waals surface area contributed by atoms with Gasteiger partial charge in [0, 0.05) is 24.7 Å². The van der Waals surface area contributed by atoms with Gasteiger partial charge in [0.25, 0.3) is 5.91 Å². The number of morpholine rings is 1. The maximum Gasteiger partial charge on any atom is 0.348 e. The van der Waals surface area contributed by atoms with Crippen molar-refractivity contribution in [2.24, 2.45) is 0 Å². The SMILES string of the molecule is CC[C@@H](C)NC(=O)COC(=O)c1cc(-c2ccccc2)c(N2CCOCC2)s1. The molecule has 1 aliphatic rings. The van der Waals surface area contributed by atoms with Gasteiger partial charge in [0.05, 0.1) is 18.2 Å². The fourth-order valence-corrected chi connectivity index (χ4v) is 4.05. The van der Waals surface area contributed by atoms with Crippen LogP contribution in [0.2, 0.25) is 0 Å². The van der Waals surface area contributed by atoms with Crippen LogP contribution in [-0.2, 0) is 14.3 Å². The molecule has 0 aliphatic carbocycles. The summed E-state index contributed by atoms with van der Waals surface area (Å²) in [5.41, 5.74) is 2.05. The molecule has 1 aromatic carbocycles. The summed E-state index contributed by atoms with van der Waals surface area (Å²) in [6.45, 7) is 6.54. The van der Waals surface area contributed by atoms with E-state index in [1.165, 1.54) is 11.3 Å². The average molecular weight is 403 g/mol. The van der Waals surface area contributed by atoms with Crippen LogP contribution in [0.4, 0.5) is 5.00 Å². The number of esters is 1. The van der Waals surface area contributed by atoms with Crippen molar-refractivity contribution in [1.29, 1.82) is 0 Å². The Hall–Kier alpha value is -2.38. The van der Waals surface area contributed by atoms with E-state index in [0.717, 1.165) is 35.6 Å². The molecule has 0 spiro atoms. The maximum absolute atomic E-state index is 12.5. The molecule has 150 valence electrons. The van der Waals surface area contributed by atoms with Crippen molar-refractivity contribution in [3.8, 4) is 11.1 Å². The molecule has 1 amide bonds. The van der Waals surface area contributed by atoms with Crippen molar-refractivity contribution in [3.63, 3.8) is 0 Å². The number of thiophene rings is 1. The van der Waals surface area contributed by atoms with E-state index in [1.54, 1.807) is 0 Å². The Labute approximate surface area is 169 Å². The van der Waals surface area contributed by atoms with Crippen LogP contribution in [-0.4, -0.2) is 50.8 Å². The van der Waals surface area contributed by atoms with Gasteiger partial charge in [0.15, 0.2) is 6.61 Å². The third kappa shape index (κ3) is 5.11. The number of anilines is 1. The highest BCUT2D eigenvalue weighted by Gasteiger charge is 2.23. The Bertz CT molecular complexity index is 800. The molecule has 1 aromatic heterocycles. The standard InChI is InChI=1S/C21H26N2O4S/c1-3-15(2)22-19(24)14-27-21(25)18-13-17(16-7-5-4-6-8-16)20(28-18)23-9-11-26-12-10-23/h4-8,13,15H,3,9-12,14H2,1-2H3,(H,22,24)/t15-/m1/s1. The van der Waals surface area contributed by atoms with Crippen molar-refractivity contribution in [3.05, 3.63) is 41.3 Å². The molecule has 28 heavy (non-hydrogen) atoms. The van der Waals surface area contributed by atoms with Crippen LogP contribution in [0, 0.1) is 0 Å². The number of benzene rings is 1. The lowest BCUT2D eigenvalue weighted by Crippen LogP contribution is -2.35. The Morgan fingerprint density at radius 1 is 1.25 bits per heavy atom. The molecule has 1 fully saturated rings. The molecule has 1 N–H and O–H groups in total. The van der Waals surface area contributed by atoms with Gasteiger partial charge in [-0.15, -0.1) is 11.3 Å². The molecule has 2 aromatic rings. The first kappa shape index (κ1) is 20.4. The minimum absolute atomic E-state index is 0.0607. The predicted octanol–water partition coefficient (Wildman–Crippen LogP) is 3.32. The molecule has 0 bridgehead atoms. The van der Waals surface area contributed by atoms with Crippen molar-refractivity contribution < 1.29 is 19.1 Å². The second-order valence-corrected chi connectivity index (χ2v) is 7.78. The second-order valence-electron chi connectivity index (χ2n) is 6.75. The van der Waals surface area contributed by atoms with Crippen LogP contribution in [0.3, 0.4) is 0 Å². The van der Waals surface area contributed by atoms with Crippen molar-refractivity contribution in [1.82, 2.24) is 5.32 Å². The first-order valence-corrected chi connectivity index (χ1v) is 10.4. The predicted molar refractivity (Wildman–Crippen MR) is 111 cm³/mol. The Morgan fingerprint density at radius 3 is 2.64 bits per heavy atom. The molecule has 7 heteroatoms. The number of amides is 1. The number of nitrogens with zero attached hydrogens (tertiary/aromatic N) is 1. The molecular formula is C21H26N2O4S. The van der Waals surface area contributed by atoms with E-state index in [-0.39, 0.29) is 18.6 Å². The highest BCUT2D eigenvalue weighted by molar-refractivity contribution is 7.18. The van der Waals surface area contributed by atoms with Crippen LogP contribution in [0.25, 0.3) is 11.1 Å². The van der Waals surface area contributed by atoms with Crippen molar-refractivity contribution in [2.75, 3.05) is 37.8 Å². The molecule has 2 heterocycles. The van der Waals surface area contributed by atoms with Gasteiger partial charge in [-0.05, 0) is 25.0 Å². The zero-order valence-corrected chi connectivity index (χ0v) is 17.1. The number of hydrogen-bond acceptors (Lipinski definition) is 6. The summed E-state index contributed by atoms with van der Waals surface area (Å²) in [5.74, 6) is -0.753. The fourth-order valence-electron chi connectivity index (χ4n) is 2.93. The lowest BCUT2D eigenvalue weighted by molar-refractivity contribution is -0.124. The molecule has 0 unspecified atom stereocenters. The molecule has 0 radical (unpaired) electrons. The van der Waals surface area contributed by atoms with Crippen molar-refractivity contribution >= 4 is 28.2 Å². The zero-order valence-electron chi connectivity index (χ0n) is 16.3. The fraction of sp³-hybridized carbons (Fsp3) is 0.429. The largest absolute Gasteiger partial charge is 0.451 e. The lowest BCUT2D eigenvalue weighted by Gasteiger charge is -2.28. The summed E-state index contributed by atoms with van der Waals surface area (Å²) in [5, 5.41) is 3.83. The van der Waals surface area contributed by atoms with Gasteiger partial charge in [0.2, 0.25) is 0 Å². The highest BCUT2D eigenvalue weighted by Crippen LogP contribution is 2.39. The topological polar surface area (TPSA) is 67.9 Å². The first-order valence-electron chi connectivity index (χ1n) is 9.57. The summed E-state index contributed by atoms with van der Waals surface area (Å²) in [4.78, 5) is 27.2. The number of carbonyl (C=O) groups excluding carboxylic acids is 2. The summed E-state index contributed by atoms with van der Waals surface area (Å²) in [6.07, 6.45) is 0.827. The third-order valence-electron chi connectivity index (χ3n) is 4.65. The van der Waals surface area contributed by atoms with Gasteiger partial charge in [0.1, 0.15) is 4.88 Å². The van der Waals surface area contributed by atoms with E-state index in [0.29, 0.717) is 18.1 Å². The van der Waals surface area contributed by atoms with E-state index in [1.807, 2.05) is 50.2 Å². The quantitative estimate of drug-likeness (QED) is 0.720. The number of ether oxygens (including phenoxy) is 2. The van der Waals surface area contributed by atoms with Gasteiger partial charge >= 0.3 is 5.97 Å². The van der Waals surface area contributed by atoms with Gasteiger partial charge in [-0.1, -0.05) is 37.3 Å². The Balaban J connectivity index is 1.76. The van der Waals surface area contributed by atoms with Gasteiger partial charge < -0.3 is 19.7 Å². The number of rotatable bonds is 7. The minimum atomic E-state index is -0.471. The van der Waals surface area contributed by atoms with E-state index in [4.69, 9.17) is 9.47 Å². The van der Waals surface area contributed by atoms with Crippen molar-refractivity contribution in [2.45, 2.75) is 26.3 Å². The van der Waals surface area contributed by atoms with Crippen LogP contribution < -0.4 is 10.2 Å². The minimum Gasteiger partial charge on any atom is -0.451 e. The van der Waals surface area contributed by atoms with E-state index in [2.05, 4.69) is 10.2 Å². The summed E-state index contributed by atoms with van der Waals surface area (Å²) in [6, 6.07) is 11.9. The summed E-state index contributed by atoms with van der Waals surface area (Å²) < 4.78 is 10.7. The average Bonchev–Trinajstić information content (AvgIpc) is 3.19. The smallest absolute Gasteiger partial charge is 0.348 e. The van der Waals surface area contributed by atoms with Gasteiger partial charge in [-0.3, -0.25) is 4.79 Å². The molecule has 1 atom stereocenters. The Kier molecular flexibility index (Phi) is 7.06. The lowest BCUT2D eigenvalue weighted by atomic mass is 10.1. The van der Waals surface area contributed by atoms with E-state index < -0.39 is 5.97 Å². The number of hydrogen-bond donors (Lipinski definition) is 1. The maximum atomic E-state index is 12.5. The van der Waals surface area contributed by atoms with Crippen LogP contribution in [0.5, 0.6) is 0 Å². The third-order valence-corrected chi connectivity index (χ3v) is 5.83. The Morgan fingerprint density at radius 2 is 1.96 bits per heavy atom. The summed E-state index contributed by atoms with van der Waals surface area (Å²) >= 11 is 1.40. The van der Waals surface area contributed by atoms with Crippen LogP contribution in [0.1, 0.15) is 29.9 Å². The molecule has 3 rings (SSSR count). The monoisotopic (exact) mass is 402 g/mol. The zero-order chi connectivity index (χ0) is 19.9. The summed E-state index contributed by atoms with van der Waals surface area (Å²) in [7, 11) is 0. The molecule has 1 aliphatic heterocycles. The highest BCUT2D eigenvalue weighted by atomic mass is 32.1. The molecule has 6 nitrogen and oxygen atoms in total. The first-order chi connectivity index (χ1) is 13.6. The number of nitrogens with one attached hydrogen (secondary N) is 1. The van der Waals surface area contributed by atoms with Gasteiger partial charge in [-0.2, -0.15) is 0 Å². The van der Waals surface area contributed by atoms with Crippen LogP contribution in [0.15, 0.2) is 36.4 Å². The van der Waals surface area contributed by atoms with Gasteiger partial charge in [-0.25, -0.2) is 4.79 Å². The molecule has 1 saturated heterocycles.